The van der Waals surface area contributed by atoms with Crippen LogP contribution in [0.3, 0.4) is 0 Å². The van der Waals surface area contributed by atoms with E-state index in [0.29, 0.717) is 0 Å². The third-order valence-corrected chi connectivity index (χ3v) is 3.48. The molecule has 0 amide bonds. The lowest BCUT2D eigenvalue weighted by molar-refractivity contribution is 1.33. The van der Waals surface area contributed by atoms with E-state index in [1.54, 1.807) is 0 Å². The highest BCUT2D eigenvalue weighted by Gasteiger charge is 2.09. The van der Waals surface area contributed by atoms with Crippen molar-refractivity contribution in [1.29, 1.82) is 0 Å². The number of imidazole rings is 1. The van der Waals surface area contributed by atoms with Gasteiger partial charge in [-0.25, -0.2) is 4.98 Å². The maximum atomic E-state index is 6.00. The minimum Gasteiger partial charge on any atom is -0.398 e. The van der Waals surface area contributed by atoms with E-state index in [-0.39, 0.29) is 0 Å². The molecule has 3 N–H and O–H groups in total. The molecule has 0 aliphatic carbocycles. The minimum absolute atomic E-state index is 0.718. The van der Waals surface area contributed by atoms with E-state index in [2.05, 4.69) is 38.9 Å². The molecule has 3 aromatic rings. The highest BCUT2D eigenvalue weighted by Crippen LogP contribution is 2.29. The molecular weight excluding hydrogens is 290 g/mol. The zero-order chi connectivity index (χ0) is 12.7. The number of halogens is 1. The van der Waals surface area contributed by atoms with Gasteiger partial charge in [-0.1, -0.05) is 28.1 Å². The van der Waals surface area contributed by atoms with Gasteiger partial charge < -0.3 is 10.7 Å². The first kappa shape index (κ1) is 11.3. The molecule has 0 bridgehead atoms. The molecule has 90 valence electrons. The first-order valence-electron chi connectivity index (χ1n) is 5.66. The standard InChI is InChI=1S/C14H12BrN3/c1-8-3-2-4-12-13(8)18-14(17-12)10-7-9(15)5-6-11(10)16/h2-7H,16H2,1H3,(H,17,18). The molecule has 0 aliphatic heterocycles. The summed E-state index contributed by atoms with van der Waals surface area (Å²) in [6.07, 6.45) is 0. The predicted molar refractivity (Wildman–Crippen MR) is 78.4 cm³/mol. The summed E-state index contributed by atoms with van der Waals surface area (Å²) < 4.78 is 0.990. The van der Waals surface area contributed by atoms with Crippen molar-refractivity contribution in [3.8, 4) is 11.4 Å². The van der Waals surface area contributed by atoms with Crippen LogP contribution < -0.4 is 5.73 Å². The second-order valence-corrected chi connectivity index (χ2v) is 5.20. The number of aromatic nitrogens is 2. The Hall–Kier alpha value is -1.81. The van der Waals surface area contributed by atoms with E-state index in [4.69, 9.17) is 5.73 Å². The Morgan fingerprint density at radius 1 is 1.22 bits per heavy atom. The van der Waals surface area contributed by atoms with Crippen LogP contribution in [0.2, 0.25) is 0 Å². The first-order chi connectivity index (χ1) is 8.65. The summed E-state index contributed by atoms with van der Waals surface area (Å²) >= 11 is 3.45. The fraction of sp³-hybridized carbons (Fsp3) is 0.0714. The van der Waals surface area contributed by atoms with Crippen LogP contribution in [0.4, 0.5) is 5.69 Å². The lowest BCUT2D eigenvalue weighted by Gasteiger charge is -2.02. The largest absolute Gasteiger partial charge is 0.398 e. The van der Waals surface area contributed by atoms with Crippen LogP contribution in [0.5, 0.6) is 0 Å². The number of nitrogens with one attached hydrogen (secondary N) is 1. The molecule has 0 fully saturated rings. The Labute approximate surface area is 113 Å². The van der Waals surface area contributed by atoms with Crippen LogP contribution in [0.1, 0.15) is 5.56 Å². The number of benzene rings is 2. The number of hydrogen-bond donors (Lipinski definition) is 2. The summed E-state index contributed by atoms with van der Waals surface area (Å²) in [6, 6.07) is 11.9. The number of aromatic amines is 1. The van der Waals surface area contributed by atoms with Gasteiger partial charge in [-0.15, -0.1) is 0 Å². The van der Waals surface area contributed by atoms with Crippen LogP contribution in [0, 0.1) is 6.92 Å². The van der Waals surface area contributed by atoms with Gasteiger partial charge in [-0.3, -0.25) is 0 Å². The second-order valence-electron chi connectivity index (χ2n) is 4.29. The van der Waals surface area contributed by atoms with Gasteiger partial charge in [0.15, 0.2) is 0 Å². The van der Waals surface area contributed by atoms with Gasteiger partial charge in [-0.05, 0) is 36.8 Å². The average Bonchev–Trinajstić information content (AvgIpc) is 2.77. The number of nitrogen functional groups attached to an aromatic ring is 1. The van der Waals surface area contributed by atoms with Crippen LogP contribution in [0.15, 0.2) is 40.9 Å². The number of nitrogens with zero attached hydrogens (tertiary/aromatic N) is 1. The zero-order valence-electron chi connectivity index (χ0n) is 9.87. The lowest BCUT2D eigenvalue weighted by Crippen LogP contribution is -1.91. The van der Waals surface area contributed by atoms with Gasteiger partial charge in [0.1, 0.15) is 5.82 Å². The SMILES string of the molecule is Cc1cccc2[nH]c(-c3cc(Br)ccc3N)nc12. The van der Waals surface area contributed by atoms with Gasteiger partial charge in [0.25, 0.3) is 0 Å². The van der Waals surface area contributed by atoms with Crippen molar-refractivity contribution < 1.29 is 0 Å². The summed E-state index contributed by atoms with van der Waals surface area (Å²) in [7, 11) is 0. The molecule has 2 aromatic carbocycles. The third-order valence-electron chi connectivity index (χ3n) is 2.98. The van der Waals surface area contributed by atoms with Crippen molar-refractivity contribution in [1.82, 2.24) is 9.97 Å². The molecule has 0 saturated carbocycles. The number of rotatable bonds is 1. The predicted octanol–water partition coefficient (Wildman–Crippen LogP) is 3.88. The Balaban J connectivity index is 2.26. The molecule has 4 heteroatoms. The Morgan fingerprint density at radius 2 is 2.06 bits per heavy atom. The number of H-pyrrole nitrogens is 1. The van der Waals surface area contributed by atoms with Gasteiger partial charge in [0.05, 0.1) is 11.0 Å². The molecule has 0 aliphatic rings. The van der Waals surface area contributed by atoms with E-state index in [9.17, 15) is 0 Å². The molecule has 1 aromatic heterocycles. The molecule has 0 radical (unpaired) electrons. The van der Waals surface area contributed by atoms with Gasteiger partial charge in [0, 0.05) is 15.7 Å². The van der Waals surface area contributed by atoms with E-state index in [1.165, 1.54) is 0 Å². The molecule has 0 unspecified atom stereocenters. The minimum atomic E-state index is 0.718. The van der Waals surface area contributed by atoms with Crippen molar-refractivity contribution in [2.24, 2.45) is 0 Å². The first-order valence-corrected chi connectivity index (χ1v) is 6.45. The maximum absolute atomic E-state index is 6.00. The summed E-state index contributed by atoms with van der Waals surface area (Å²) in [5, 5.41) is 0. The van der Waals surface area contributed by atoms with Crippen molar-refractivity contribution in [3.63, 3.8) is 0 Å². The Bertz CT molecular complexity index is 731. The second kappa shape index (κ2) is 4.14. The highest BCUT2D eigenvalue weighted by atomic mass is 79.9. The average molecular weight is 302 g/mol. The molecule has 3 nitrogen and oxygen atoms in total. The molecule has 3 rings (SSSR count). The van der Waals surface area contributed by atoms with Crippen molar-refractivity contribution in [3.05, 3.63) is 46.4 Å². The number of nitrogens with two attached hydrogens (primary N) is 1. The smallest absolute Gasteiger partial charge is 0.140 e. The number of para-hydroxylation sites is 1. The quantitative estimate of drug-likeness (QED) is 0.670. The van der Waals surface area contributed by atoms with Crippen LogP contribution in [-0.4, -0.2) is 9.97 Å². The van der Waals surface area contributed by atoms with Crippen molar-refractivity contribution in [2.75, 3.05) is 5.73 Å². The van der Waals surface area contributed by atoms with Gasteiger partial charge in [0.2, 0.25) is 0 Å². The van der Waals surface area contributed by atoms with E-state index < -0.39 is 0 Å². The van der Waals surface area contributed by atoms with Crippen molar-refractivity contribution >= 4 is 32.7 Å². The van der Waals surface area contributed by atoms with E-state index in [0.717, 1.165) is 38.1 Å². The molecular formula is C14H12BrN3. The lowest BCUT2D eigenvalue weighted by atomic mass is 10.2. The van der Waals surface area contributed by atoms with E-state index in [1.807, 2.05) is 30.3 Å². The summed E-state index contributed by atoms with van der Waals surface area (Å²) in [5.74, 6) is 0.804. The van der Waals surface area contributed by atoms with Crippen molar-refractivity contribution in [2.45, 2.75) is 6.92 Å². The van der Waals surface area contributed by atoms with Crippen LogP contribution in [-0.2, 0) is 0 Å². The monoisotopic (exact) mass is 301 g/mol. The molecule has 0 spiro atoms. The summed E-state index contributed by atoms with van der Waals surface area (Å²) in [6.45, 7) is 2.05. The molecule has 1 heterocycles. The van der Waals surface area contributed by atoms with Crippen LogP contribution >= 0.6 is 15.9 Å². The maximum Gasteiger partial charge on any atom is 0.140 e. The Morgan fingerprint density at radius 3 is 2.83 bits per heavy atom. The highest BCUT2D eigenvalue weighted by molar-refractivity contribution is 9.10. The topological polar surface area (TPSA) is 54.7 Å². The number of hydrogen-bond acceptors (Lipinski definition) is 2. The summed E-state index contributed by atoms with van der Waals surface area (Å²) in [4.78, 5) is 7.94. The Kier molecular flexibility index (Phi) is 2.59. The van der Waals surface area contributed by atoms with Gasteiger partial charge in [-0.2, -0.15) is 0 Å². The third kappa shape index (κ3) is 1.78. The summed E-state index contributed by atoms with van der Waals surface area (Å²) in [5.41, 5.74) is 10.8. The molecule has 0 saturated heterocycles. The zero-order valence-corrected chi connectivity index (χ0v) is 11.5. The normalized spacial score (nSPS) is 11.0. The number of fused-ring (bicyclic) bond motifs is 1. The van der Waals surface area contributed by atoms with Gasteiger partial charge >= 0.3 is 0 Å². The van der Waals surface area contributed by atoms with Crippen LogP contribution in [0.25, 0.3) is 22.4 Å². The molecule has 0 atom stereocenters. The number of anilines is 1. The number of aryl methyl sites for hydroxylation is 1. The fourth-order valence-electron chi connectivity index (χ4n) is 2.04. The molecule has 18 heavy (non-hydrogen) atoms. The fourth-order valence-corrected chi connectivity index (χ4v) is 2.40. The van der Waals surface area contributed by atoms with E-state index >= 15 is 0 Å².